The van der Waals surface area contributed by atoms with Gasteiger partial charge in [-0.3, -0.25) is 0 Å². The van der Waals surface area contributed by atoms with Gasteiger partial charge in [0.2, 0.25) is 0 Å². The third kappa shape index (κ3) is 2.63. The first-order chi connectivity index (χ1) is 3.68. The molecular weight excluding hydrogens is 190 g/mol. The molecule has 0 saturated heterocycles. The first kappa shape index (κ1) is 9.16. The van der Waals surface area contributed by atoms with Gasteiger partial charge in [0.05, 0.1) is 4.87 Å². The molecule has 4 heteroatoms. The molecular formula is C4H6Cl4. The Balaban J connectivity index is 3.58. The van der Waals surface area contributed by atoms with E-state index in [2.05, 4.69) is 0 Å². The molecule has 0 spiro atoms. The van der Waals surface area contributed by atoms with Crippen molar-refractivity contribution in [3.8, 4) is 0 Å². The summed E-state index contributed by atoms with van der Waals surface area (Å²) in [4.78, 5) is -0.606. The molecule has 0 amide bonds. The average molecular weight is 196 g/mol. The largest absolute Gasteiger partial charge is 0.125 e. The summed E-state index contributed by atoms with van der Waals surface area (Å²) < 4.78 is 0. The smallest absolute Gasteiger partial charge is 0.0850 e. The molecule has 0 aliphatic heterocycles. The molecule has 0 N–H and O–H groups in total. The van der Waals surface area contributed by atoms with Crippen LogP contribution in [0, 0.1) is 0 Å². The summed E-state index contributed by atoms with van der Waals surface area (Å²) in [6.45, 7) is 0. The zero-order chi connectivity index (χ0) is 6.62. The molecule has 0 radical (unpaired) electrons. The summed E-state index contributed by atoms with van der Waals surface area (Å²) in [6.07, 6.45) is 0. The standard InChI is InChI=1S/C4H6Cl4/c5-1-4(8,2-6)3-7/h1-3H2. The third-order valence-corrected chi connectivity index (χ3v) is 3.06. The molecule has 0 heterocycles. The molecule has 0 aliphatic rings. The molecule has 50 valence electrons. The second-order valence-electron chi connectivity index (χ2n) is 1.55. The first-order valence-electron chi connectivity index (χ1n) is 2.05. The monoisotopic (exact) mass is 194 g/mol. The number of hydrogen-bond donors (Lipinski definition) is 0. The lowest BCUT2D eigenvalue weighted by Gasteiger charge is -2.16. The van der Waals surface area contributed by atoms with E-state index in [-0.39, 0.29) is 0 Å². The lowest BCUT2D eigenvalue weighted by atomic mass is 10.2. The van der Waals surface area contributed by atoms with E-state index in [1.165, 1.54) is 0 Å². The number of hydrogen-bond acceptors (Lipinski definition) is 0. The molecule has 0 atom stereocenters. The second-order valence-corrected chi connectivity index (χ2v) is 3.16. The van der Waals surface area contributed by atoms with Gasteiger partial charge >= 0.3 is 0 Å². The summed E-state index contributed by atoms with van der Waals surface area (Å²) in [7, 11) is 0. The van der Waals surface area contributed by atoms with E-state index < -0.39 is 4.87 Å². The van der Waals surface area contributed by atoms with Gasteiger partial charge in [0.25, 0.3) is 0 Å². The fraction of sp³-hybridized carbons (Fsp3) is 1.00. The zero-order valence-electron chi connectivity index (χ0n) is 4.13. The molecule has 0 unspecified atom stereocenters. The molecule has 0 aliphatic carbocycles. The summed E-state index contributed by atoms with van der Waals surface area (Å²) in [5.41, 5.74) is 0. The SMILES string of the molecule is ClCC(Cl)(CCl)CCl. The van der Waals surface area contributed by atoms with Crippen LogP contribution in [0.3, 0.4) is 0 Å². The van der Waals surface area contributed by atoms with Gasteiger partial charge in [0.15, 0.2) is 0 Å². The van der Waals surface area contributed by atoms with Crippen molar-refractivity contribution in [3.63, 3.8) is 0 Å². The molecule has 0 aromatic carbocycles. The summed E-state index contributed by atoms with van der Waals surface area (Å²) >= 11 is 21.9. The minimum Gasteiger partial charge on any atom is -0.125 e. The Morgan fingerprint density at radius 2 is 1.12 bits per heavy atom. The van der Waals surface area contributed by atoms with Crippen molar-refractivity contribution in [1.82, 2.24) is 0 Å². The van der Waals surface area contributed by atoms with Gasteiger partial charge in [0.1, 0.15) is 0 Å². The van der Waals surface area contributed by atoms with E-state index in [4.69, 9.17) is 46.4 Å². The molecule has 0 aromatic heterocycles. The van der Waals surface area contributed by atoms with Crippen molar-refractivity contribution in [3.05, 3.63) is 0 Å². The maximum absolute atomic E-state index is 5.70. The van der Waals surface area contributed by atoms with Crippen LogP contribution >= 0.6 is 46.4 Å². The maximum Gasteiger partial charge on any atom is 0.0850 e. The van der Waals surface area contributed by atoms with Gasteiger partial charge in [-0.1, -0.05) is 0 Å². The van der Waals surface area contributed by atoms with Crippen LogP contribution in [-0.4, -0.2) is 22.5 Å². The number of rotatable bonds is 3. The van der Waals surface area contributed by atoms with E-state index in [0.717, 1.165) is 0 Å². The highest BCUT2D eigenvalue weighted by Crippen LogP contribution is 2.20. The summed E-state index contributed by atoms with van der Waals surface area (Å²) in [5.74, 6) is 0.880. The van der Waals surface area contributed by atoms with E-state index >= 15 is 0 Å². The second kappa shape index (κ2) is 4.05. The van der Waals surface area contributed by atoms with Gasteiger partial charge in [-0.2, -0.15) is 0 Å². The Hall–Kier alpha value is 1.16. The quantitative estimate of drug-likeness (QED) is 0.608. The highest BCUT2D eigenvalue weighted by Gasteiger charge is 2.23. The molecule has 0 nitrogen and oxygen atoms in total. The lowest BCUT2D eigenvalue weighted by molar-refractivity contribution is 0.813. The molecule has 0 saturated carbocycles. The molecule has 0 rings (SSSR count). The van der Waals surface area contributed by atoms with E-state index in [0.29, 0.717) is 17.6 Å². The Morgan fingerprint density at radius 1 is 0.875 bits per heavy atom. The average Bonchev–Trinajstić information content (AvgIpc) is 1.87. The topological polar surface area (TPSA) is 0 Å². The third-order valence-electron chi connectivity index (χ3n) is 0.718. The summed E-state index contributed by atoms with van der Waals surface area (Å²) in [6, 6.07) is 0. The molecule has 0 fully saturated rings. The Bertz CT molecular complexity index is 50.8. The Labute approximate surface area is 69.0 Å². The van der Waals surface area contributed by atoms with E-state index in [9.17, 15) is 0 Å². The van der Waals surface area contributed by atoms with Crippen LogP contribution in [0.2, 0.25) is 0 Å². The molecule has 0 aromatic rings. The fourth-order valence-corrected chi connectivity index (χ4v) is 0.964. The minimum absolute atomic E-state index is 0.293. The summed E-state index contributed by atoms with van der Waals surface area (Å²) in [5, 5.41) is 0. The minimum atomic E-state index is -0.606. The van der Waals surface area contributed by atoms with Crippen molar-refractivity contribution >= 4 is 46.4 Å². The highest BCUT2D eigenvalue weighted by molar-refractivity contribution is 6.38. The normalized spacial score (nSPS) is 12.0. The van der Waals surface area contributed by atoms with Crippen LogP contribution in [0.4, 0.5) is 0 Å². The Morgan fingerprint density at radius 3 is 1.12 bits per heavy atom. The number of halogens is 4. The van der Waals surface area contributed by atoms with Gasteiger partial charge in [0, 0.05) is 17.6 Å². The van der Waals surface area contributed by atoms with Crippen LogP contribution in [0.25, 0.3) is 0 Å². The van der Waals surface area contributed by atoms with Crippen LogP contribution in [0.5, 0.6) is 0 Å². The van der Waals surface area contributed by atoms with Gasteiger partial charge in [-0.25, -0.2) is 0 Å². The van der Waals surface area contributed by atoms with Gasteiger partial charge in [-0.15, -0.1) is 46.4 Å². The van der Waals surface area contributed by atoms with Crippen LogP contribution in [-0.2, 0) is 0 Å². The van der Waals surface area contributed by atoms with Crippen LogP contribution in [0.1, 0.15) is 0 Å². The first-order valence-corrected chi connectivity index (χ1v) is 4.03. The van der Waals surface area contributed by atoms with Crippen molar-refractivity contribution in [2.45, 2.75) is 4.87 Å². The lowest BCUT2D eigenvalue weighted by Crippen LogP contribution is -2.27. The zero-order valence-corrected chi connectivity index (χ0v) is 7.16. The molecule has 8 heavy (non-hydrogen) atoms. The van der Waals surface area contributed by atoms with Crippen LogP contribution in [0.15, 0.2) is 0 Å². The fourth-order valence-electron chi connectivity index (χ4n) is 0.107. The highest BCUT2D eigenvalue weighted by atomic mass is 35.5. The van der Waals surface area contributed by atoms with Crippen molar-refractivity contribution in [1.29, 1.82) is 0 Å². The van der Waals surface area contributed by atoms with Crippen LogP contribution < -0.4 is 0 Å². The van der Waals surface area contributed by atoms with Crippen molar-refractivity contribution in [2.24, 2.45) is 0 Å². The maximum atomic E-state index is 5.70. The predicted molar refractivity (Wildman–Crippen MR) is 40.7 cm³/mol. The van der Waals surface area contributed by atoms with Crippen molar-refractivity contribution in [2.75, 3.05) is 17.6 Å². The van der Waals surface area contributed by atoms with E-state index in [1.54, 1.807) is 0 Å². The van der Waals surface area contributed by atoms with Crippen molar-refractivity contribution < 1.29 is 0 Å². The Kier molecular flexibility index (Phi) is 4.64. The molecule has 0 bridgehead atoms. The van der Waals surface area contributed by atoms with Gasteiger partial charge < -0.3 is 0 Å². The predicted octanol–water partition coefficient (Wildman–Crippen LogP) is 2.68. The number of alkyl halides is 4. The van der Waals surface area contributed by atoms with Gasteiger partial charge in [-0.05, 0) is 0 Å². The van der Waals surface area contributed by atoms with E-state index in [1.807, 2.05) is 0 Å².